The van der Waals surface area contributed by atoms with Crippen LogP contribution in [0.25, 0.3) is 0 Å². The highest BCUT2D eigenvalue weighted by atomic mass is 32.1. The minimum absolute atomic E-state index is 0.815. The number of thiophene rings is 1. The van der Waals surface area contributed by atoms with Crippen molar-refractivity contribution < 1.29 is 0 Å². The van der Waals surface area contributed by atoms with E-state index in [1.807, 2.05) is 0 Å². The van der Waals surface area contributed by atoms with Crippen molar-refractivity contribution in [2.24, 2.45) is 5.92 Å². The Balaban J connectivity index is 1.99. The molecule has 0 spiro atoms. The number of hydrogen-bond donors (Lipinski definition) is 1. The van der Waals surface area contributed by atoms with E-state index in [9.17, 15) is 0 Å². The average Bonchev–Trinajstić information content (AvgIpc) is 2.71. The molecule has 0 radical (unpaired) electrons. The molecule has 1 aromatic heterocycles. The molecule has 1 heterocycles. The molecule has 15 heavy (non-hydrogen) atoms. The Morgan fingerprint density at radius 1 is 1.47 bits per heavy atom. The lowest BCUT2D eigenvalue weighted by Crippen LogP contribution is -2.21. The second kappa shape index (κ2) is 7.89. The van der Waals surface area contributed by atoms with Crippen LogP contribution in [0.1, 0.15) is 38.7 Å². The maximum absolute atomic E-state index is 3.48. The zero-order chi connectivity index (χ0) is 10.9. The lowest BCUT2D eigenvalue weighted by Gasteiger charge is -2.11. The van der Waals surface area contributed by atoms with E-state index in [4.69, 9.17) is 0 Å². The van der Waals surface area contributed by atoms with E-state index in [1.54, 1.807) is 11.3 Å². The molecular weight excluding hydrogens is 202 g/mol. The van der Waals surface area contributed by atoms with Crippen molar-refractivity contribution in [1.82, 2.24) is 5.32 Å². The van der Waals surface area contributed by atoms with Crippen molar-refractivity contribution in [3.8, 4) is 0 Å². The Kier molecular flexibility index (Phi) is 6.69. The third-order valence-corrected chi connectivity index (χ3v) is 3.39. The van der Waals surface area contributed by atoms with Gasteiger partial charge in [-0.2, -0.15) is 11.3 Å². The molecule has 1 unspecified atom stereocenters. The largest absolute Gasteiger partial charge is 0.316 e. The summed E-state index contributed by atoms with van der Waals surface area (Å²) in [5.74, 6) is 0.815. The molecule has 2 heteroatoms. The molecule has 1 N–H and O–H groups in total. The molecule has 0 fully saturated rings. The van der Waals surface area contributed by atoms with Gasteiger partial charge < -0.3 is 5.32 Å². The zero-order valence-corrected chi connectivity index (χ0v) is 10.8. The third-order valence-electron chi connectivity index (χ3n) is 2.66. The smallest absolute Gasteiger partial charge is 0.00232 e. The second-order valence-corrected chi connectivity index (χ2v) is 5.11. The van der Waals surface area contributed by atoms with Gasteiger partial charge in [0.2, 0.25) is 0 Å². The Bertz CT molecular complexity index is 231. The van der Waals surface area contributed by atoms with Gasteiger partial charge in [-0.05, 0) is 67.1 Å². The third kappa shape index (κ3) is 5.95. The van der Waals surface area contributed by atoms with E-state index in [2.05, 4.69) is 36.0 Å². The van der Waals surface area contributed by atoms with Gasteiger partial charge in [0.25, 0.3) is 0 Å². The number of aryl methyl sites for hydroxylation is 1. The molecule has 0 aromatic carbocycles. The Hall–Kier alpha value is -0.340. The lowest BCUT2D eigenvalue weighted by molar-refractivity contribution is 0.467. The average molecular weight is 225 g/mol. The van der Waals surface area contributed by atoms with Crippen molar-refractivity contribution in [2.45, 2.75) is 39.5 Å². The first kappa shape index (κ1) is 12.7. The molecule has 0 aliphatic carbocycles. The van der Waals surface area contributed by atoms with E-state index < -0.39 is 0 Å². The van der Waals surface area contributed by atoms with E-state index in [0.717, 1.165) is 12.5 Å². The summed E-state index contributed by atoms with van der Waals surface area (Å²) in [5.41, 5.74) is 1.51. The molecule has 0 saturated heterocycles. The molecule has 0 bridgehead atoms. The first-order valence-corrected chi connectivity index (χ1v) is 6.99. The fourth-order valence-electron chi connectivity index (χ4n) is 1.72. The van der Waals surface area contributed by atoms with E-state index in [0.29, 0.717) is 0 Å². The van der Waals surface area contributed by atoms with Gasteiger partial charge in [-0.15, -0.1) is 0 Å². The van der Waals surface area contributed by atoms with E-state index in [-0.39, 0.29) is 0 Å². The fraction of sp³-hybridized carbons (Fsp3) is 0.692. The van der Waals surface area contributed by atoms with Crippen LogP contribution >= 0.6 is 11.3 Å². The van der Waals surface area contributed by atoms with Crippen LogP contribution in [0.3, 0.4) is 0 Å². The Morgan fingerprint density at radius 2 is 2.33 bits per heavy atom. The summed E-state index contributed by atoms with van der Waals surface area (Å²) < 4.78 is 0. The van der Waals surface area contributed by atoms with Crippen molar-refractivity contribution in [3.63, 3.8) is 0 Å². The van der Waals surface area contributed by atoms with E-state index >= 15 is 0 Å². The van der Waals surface area contributed by atoms with Gasteiger partial charge in [-0.25, -0.2) is 0 Å². The fourth-order valence-corrected chi connectivity index (χ4v) is 2.42. The van der Waals surface area contributed by atoms with Gasteiger partial charge in [0, 0.05) is 0 Å². The van der Waals surface area contributed by atoms with Gasteiger partial charge in [-0.1, -0.05) is 13.8 Å². The summed E-state index contributed by atoms with van der Waals surface area (Å²) in [6.45, 7) is 6.90. The highest BCUT2D eigenvalue weighted by molar-refractivity contribution is 7.07. The topological polar surface area (TPSA) is 12.0 Å². The summed E-state index contributed by atoms with van der Waals surface area (Å²) >= 11 is 1.80. The van der Waals surface area contributed by atoms with Crippen molar-refractivity contribution in [2.75, 3.05) is 13.1 Å². The molecular formula is C13H23NS. The SMILES string of the molecule is CCCNCC(C)CCCc1ccsc1. The number of rotatable bonds is 8. The van der Waals surface area contributed by atoms with Crippen LogP contribution in [0.5, 0.6) is 0 Å². The lowest BCUT2D eigenvalue weighted by atomic mass is 10.0. The Labute approximate surface area is 97.9 Å². The predicted octanol–water partition coefficient (Wildman–Crippen LogP) is 3.71. The predicted molar refractivity (Wildman–Crippen MR) is 69.6 cm³/mol. The molecule has 0 aliphatic heterocycles. The normalized spacial score (nSPS) is 12.9. The molecule has 0 saturated carbocycles. The summed E-state index contributed by atoms with van der Waals surface area (Å²) in [5, 5.41) is 7.91. The van der Waals surface area contributed by atoms with Gasteiger partial charge in [0.15, 0.2) is 0 Å². The highest BCUT2D eigenvalue weighted by Gasteiger charge is 2.01. The van der Waals surface area contributed by atoms with Crippen molar-refractivity contribution >= 4 is 11.3 Å². The quantitative estimate of drug-likeness (QED) is 0.665. The minimum Gasteiger partial charge on any atom is -0.316 e. The van der Waals surface area contributed by atoms with Crippen LogP contribution < -0.4 is 5.32 Å². The van der Waals surface area contributed by atoms with Crippen molar-refractivity contribution in [3.05, 3.63) is 22.4 Å². The zero-order valence-electron chi connectivity index (χ0n) is 9.96. The first-order valence-electron chi connectivity index (χ1n) is 6.04. The minimum atomic E-state index is 0.815. The van der Waals surface area contributed by atoms with Gasteiger partial charge >= 0.3 is 0 Å². The van der Waals surface area contributed by atoms with Crippen molar-refractivity contribution in [1.29, 1.82) is 0 Å². The summed E-state index contributed by atoms with van der Waals surface area (Å²) in [4.78, 5) is 0. The molecule has 1 aromatic rings. The maximum Gasteiger partial charge on any atom is -0.00232 e. The molecule has 86 valence electrons. The molecule has 0 aliphatic rings. The van der Waals surface area contributed by atoms with Crippen LogP contribution in [0.4, 0.5) is 0 Å². The molecule has 1 rings (SSSR count). The Morgan fingerprint density at radius 3 is 3.00 bits per heavy atom. The van der Waals surface area contributed by atoms with Crippen LogP contribution in [-0.4, -0.2) is 13.1 Å². The monoisotopic (exact) mass is 225 g/mol. The van der Waals surface area contributed by atoms with E-state index in [1.165, 1.54) is 37.8 Å². The number of nitrogens with one attached hydrogen (secondary N) is 1. The molecule has 1 atom stereocenters. The summed E-state index contributed by atoms with van der Waals surface area (Å²) in [6.07, 6.45) is 5.15. The van der Waals surface area contributed by atoms with Crippen LogP contribution in [-0.2, 0) is 6.42 Å². The summed E-state index contributed by atoms with van der Waals surface area (Å²) in [7, 11) is 0. The molecule has 0 amide bonds. The van der Waals surface area contributed by atoms with Gasteiger partial charge in [0.1, 0.15) is 0 Å². The number of hydrogen-bond acceptors (Lipinski definition) is 2. The summed E-state index contributed by atoms with van der Waals surface area (Å²) in [6, 6.07) is 2.24. The standard InChI is InChI=1S/C13H23NS/c1-3-8-14-10-12(2)5-4-6-13-7-9-15-11-13/h7,9,11-12,14H,3-6,8,10H2,1-2H3. The van der Waals surface area contributed by atoms with Crippen LogP contribution in [0.15, 0.2) is 16.8 Å². The first-order chi connectivity index (χ1) is 7.33. The van der Waals surface area contributed by atoms with Crippen LogP contribution in [0, 0.1) is 5.92 Å². The maximum atomic E-state index is 3.48. The highest BCUT2D eigenvalue weighted by Crippen LogP contribution is 2.12. The molecule has 1 nitrogen and oxygen atoms in total. The van der Waals surface area contributed by atoms with Gasteiger partial charge in [-0.3, -0.25) is 0 Å². The van der Waals surface area contributed by atoms with Crippen LogP contribution in [0.2, 0.25) is 0 Å². The second-order valence-electron chi connectivity index (χ2n) is 4.33. The van der Waals surface area contributed by atoms with Gasteiger partial charge in [0.05, 0.1) is 0 Å².